The molecule has 4 rings (SSSR count). The molecule has 102 valence electrons. The standard InChI is InChI=1S/C14H16N6/c1-18-9-10(7-16-18)12-8-15-13-5-6-14(17-20(12)13)19(2)11-3-4-11/h5-9,11H,3-4H2,1-2H3. The molecule has 6 heteroatoms. The quantitative estimate of drug-likeness (QED) is 0.726. The van der Waals surface area contributed by atoms with Crippen LogP contribution in [0.2, 0.25) is 0 Å². The molecule has 0 atom stereocenters. The van der Waals surface area contributed by atoms with Crippen LogP contribution in [0.15, 0.2) is 30.7 Å². The molecular weight excluding hydrogens is 252 g/mol. The highest BCUT2D eigenvalue weighted by Crippen LogP contribution is 2.29. The van der Waals surface area contributed by atoms with Gasteiger partial charge in [-0.15, -0.1) is 5.10 Å². The fourth-order valence-electron chi connectivity index (χ4n) is 2.45. The number of hydrogen-bond donors (Lipinski definition) is 0. The highest BCUT2D eigenvalue weighted by atomic mass is 15.3. The summed E-state index contributed by atoms with van der Waals surface area (Å²) in [5, 5.41) is 8.94. The van der Waals surface area contributed by atoms with Crippen molar-refractivity contribution < 1.29 is 0 Å². The second-order valence-corrected chi connectivity index (χ2v) is 5.35. The average molecular weight is 268 g/mol. The van der Waals surface area contributed by atoms with Crippen molar-refractivity contribution in [2.45, 2.75) is 18.9 Å². The Kier molecular flexibility index (Phi) is 2.33. The van der Waals surface area contributed by atoms with Crippen LogP contribution in [0.1, 0.15) is 12.8 Å². The lowest BCUT2D eigenvalue weighted by molar-refractivity contribution is 0.768. The van der Waals surface area contributed by atoms with Crippen LogP contribution in [0, 0.1) is 0 Å². The molecule has 1 saturated carbocycles. The third-order valence-electron chi connectivity index (χ3n) is 3.80. The van der Waals surface area contributed by atoms with E-state index < -0.39 is 0 Å². The van der Waals surface area contributed by atoms with Gasteiger partial charge < -0.3 is 4.90 Å². The van der Waals surface area contributed by atoms with E-state index in [1.807, 2.05) is 42.3 Å². The van der Waals surface area contributed by atoms with Crippen molar-refractivity contribution in [3.63, 3.8) is 0 Å². The Hall–Kier alpha value is -2.37. The molecule has 3 heterocycles. The van der Waals surface area contributed by atoms with Crippen molar-refractivity contribution in [1.29, 1.82) is 0 Å². The normalized spacial score (nSPS) is 14.9. The molecule has 0 aromatic carbocycles. The van der Waals surface area contributed by atoms with Gasteiger partial charge in [0, 0.05) is 31.9 Å². The van der Waals surface area contributed by atoms with Gasteiger partial charge in [-0.1, -0.05) is 0 Å². The highest BCUT2D eigenvalue weighted by molar-refractivity contribution is 5.62. The molecule has 0 N–H and O–H groups in total. The van der Waals surface area contributed by atoms with E-state index in [0.29, 0.717) is 6.04 Å². The van der Waals surface area contributed by atoms with Crippen molar-refractivity contribution in [1.82, 2.24) is 24.4 Å². The Bertz CT molecular complexity index is 767. The second-order valence-electron chi connectivity index (χ2n) is 5.35. The van der Waals surface area contributed by atoms with Crippen LogP contribution in [-0.4, -0.2) is 37.5 Å². The van der Waals surface area contributed by atoms with E-state index in [0.717, 1.165) is 22.7 Å². The number of rotatable bonds is 3. The van der Waals surface area contributed by atoms with Crippen LogP contribution >= 0.6 is 0 Å². The summed E-state index contributed by atoms with van der Waals surface area (Å²) in [7, 11) is 4.01. The predicted molar refractivity (Wildman–Crippen MR) is 76.6 cm³/mol. The van der Waals surface area contributed by atoms with E-state index in [2.05, 4.69) is 22.0 Å². The van der Waals surface area contributed by atoms with Crippen LogP contribution in [0.3, 0.4) is 0 Å². The second kappa shape index (κ2) is 4.06. The maximum Gasteiger partial charge on any atom is 0.154 e. The van der Waals surface area contributed by atoms with Gasteiger partial charge in [-0.3, -0.25) is 4.68 Å². The van der Waals surface area contributed by atoms with Crippen molar-refractivity contribution in [3.8, 4) is 11.3 Å². The summed E-state index contributed by atoms with van der Waals surface area (Å²) in [6.45, 7) is 0. The first-order valence-corrected chi connectivity index (χ1v) is 6.79. The topological polar surface area (TPSA) is 51.2 Å². The molecule has 0 amide bonds. The van der Waals surface area contributed by atoms with Crippen molar-refractivity contribution >= 4 is 11.5 Å². The SMILES string of the molecule is CN(c1ccc2ncc(-c3cnn(C)c3)n2n1)C1CC1. The van der Waals surface area contributed by atoms with Crippen LogP contribution in [-0.2, 0) is 7.05 Å². The molecule has 1 aliphatic rings. The van der Waals surface area contributed by atoms with Crippen molar-refractivity contribution in [2.24, 2.45) is 7.05 Å². The van der Waals surface area contributed by atoms with Gasteiger partial charge in [-0.05, 0) is 25.0 Å². The summed E-state index contributed by atoms with van der Waals surface area (Å²) >= 11 is 0. The Morgan fingerprint density at radius 2 is 2.10 bits per heavy atom. The molecule has 1 aliphatic carbocycles. The van der Waals surface area contributed by atoms with E-state index >= 15 is 0 Å². The minimum atomic E-state index is 0.644. The first-order valence-electron chi connectivity index (χ1n) is 6.79. The van der Waals surface area contributed by atoms with Crippen molar-refractivity contribution in [3.05, 3.63) is 30.7 Å². The molecule has 1 fully saturated rings. The molecule has 0 unspecified atom stereocenters. The molecule has 3 aromatic rings. The number of anilines is 1. The monoisotopic (exact) mass is 268 g/mol. The van der Waals surface area contributed by atoms with Gasteiger partial charge in [0.1, 0.15) is 5.82 Å². The summed E-state index contributed by atoms with van der Waals surface area (Å²) in [5.41, 5.74) is 2.86. The highest BCUT2D eigenvalue weighted by Gasteiger charge is 2.27. The minimum Gasteiger partial charge on any atom is -0.355 e. The Morgan fingerprint density at radius 3 is 2.80 bits per heavy atom. The summed E-state index contributed by atoms with van der Waals surface area (Å²) in [6, 6.07) is 4.69. The van der Waals surface area contributed by atoms with Gasteiger partial charge in [0.25, 0.3) is 0 Å². The number of hydrogen-bond acceptors (Lipinski definition) is 4. The van der Waals surface area contributed by atoms with Gasteiger partial charge in [0.05, 0.1) is 18.1 Å². The summed E-state index contributed by atoms with van der Waals surface area (Å²) in [6.07, 6.45) is 8.18. The molecular formula is C14H16N6. The predicted octanol–water partition coefficient (Wildman–Crippen LogP) is 1.73. The third-order valence-corrected chi connectivity index (χ3v) is 3.80. The number of aromatic nitrogens is 5. The zero-order valence-electron chi connectivity index (χ0n) is 11.6. The van der Waals surface area contributed by atoms with Gasteiger partial charge in [0.15, 0.2) is 5.65 Å². The lowest BCUT2D eigenvalue weighted by atomic mass is 10.3. The largest absolute Gasteiger partial charge is 0.355 e. The summed E-state index contributed by atoms with van der Waals surface area (Å²) in [4.78, 5) is 6.65. The number of nitrogens with zero attached hydrogens (tertiary/aromatic N) is 6. The maximum absolute atomic E-state index is 4.73. The van der Waals surface area contributed by atoms with Gasteiger partial charge >= 0.3 is 0 Å². The Morgan fingerprint density at radius 1 is 1.25 bits per heavy atom. The summed E-state index contributed by atoms with van der Waals surface area (Å²) in [5.74, 6) is 0.989. The zero-order chi connectivity index (χ0) is 13.7. The fourth-order valence-corrected chi connectivity index (χ4v) is 2.45. The third kappa shape index (κ3) is 1.76. The number of imidazole rings is 1. The van der Waals surface area contributed by atoms with Crippen LogP contribution in [0.25, 0.3) is 16.9 Å². The van der Waals surface area contributed by atoms with Gasteiger partial charge in [-0.25, -0.2) is 9.50 Å². The molecule has 3 aromatic heterocycles. The maximum atomic E-state index is 4.73. The first-order chi connectivity index (χ1) is 9.72. The first kappa shape index (κ1) is 11.5. The van der Waals surface area contributed by atoms with Crippen LogP contribution < -0.4 is 4.90 Å². The molecule has 0 bridgehead atoms. The molecule has 0 saturated heterocycles. The Labute approximate surface area is 116 Å². The Balaban J connectivity index is 1.83. The molecule has 0 spiro atoms. The zero-order valence-corrected chi connectivity index (χ0v) is 11.6. The van der Waals surface area contributed by atoms with Gasteiger partial charge in [0.2, 0.25) is 0 Å². The van der Waals surface area contributed by atoms with E-state index in [1.54, 1.807) is 4.68 Å². The summed E-state index contributed by atoms with van der Waals surface area (Å²) < 4.78 is 3.68. The molecule has 20 heavy (non-hydrogen) atoms. The number of fused-ring (bicyclic) bond motifs is 1. The van der Waals surface area contributed by atoms with Crippen molar-refractivity contribution in [2.75, 3.05) is 11.9 Å². The molecule has 0 radical (unpaired) electrons. The smallest absolute Gasteiger partial charge is 0.154 e. The van der Waals surface area contributed by atoms with E-state index in [9.17, 15) is 0 Å². The lowest BCUT2D eigenvalue weighted by Crippen LogP contribution is -2.21. The van der Waals surface area contributed by atoms with E-state index in [-0.39, 0.29) is 0 Å². The van der Waals surface area contributed by atoms with Crippen LogP contribution in [0.5, 0.6) is 0 Å². The number of aryl methyl sites for hydroxylation is 1. The average Bonchev–Trinajstić information content (AvgIpc) is 3.09. The lowest BCUT2D eigenvalue weighted by Gasteiger charge is -2.17. The molecule has 6 nitrogen and oxygen atoms in total. The van der Waals surface area contributed by atoms with E-state index in [1.165, 1.54) is 12.8 Å². The fraction of sp³-hybridized carbons (Fsp3) is 0.357. The van der Waals surface area contributed by atoms with Gasteiger partial charge in [-0.2, -0.15) is 5.10 Å². The molecule has 0 aliphatic heterocycles. The van der Waals surface area contributed by atoms with Crippen LogP contribution in [0.4, 0.5) is 5.82 Å². The minimum absolute atomic E-state index is 0.644. The van der Waals surface area contributed by atoms with E-state index in [4.69, 9.17) is 5.10 Å².